The summed E-state index contributed by atoms with van der Waals surface area (Å²) < 4.78 is 38.5. The summed E-state index contributed by atoms with van der Waals surface area (Å²) in [5, 5.41) is 0. The van der Waals surface area contributed by atoms with E-state index in [1.165, 1.54) is 28.6 Å². The van der Waals surface area contributed by atoms with Crippen LogP contribution >= 0.6 is 12.4 Å². The van der Waals surface area contributed by atoms with Crippen LogP contribution < -0.4 is 5.73 Å². The van der Waals surface area contributed by atoms with E-state index in [0.29, 0.717) is 25.2 Å². The van der Waals surface area contributed by atoms with E-state index in [4.69, 9.17) is 5.73 Å². The van der Waals surface area contributed by atoms with Gasteiger partial charge in [0.2, 0.25) is 10.0 Å². The van der Waals surface area contributed by atoms with Crippen molar-refractivity contribution in [1.82, 2.24) is 4.31 Å². The largest absolute Gasteiger partial charge is 0.330 e. The number of hydrogen-bond acceptors (Lipinski definition) is 3. The second-order valence-corrected chi connectivity index (χ2v) is 6.60. The van der Waals surface area contributed by atoms with Crippen LogP contribution in [0.25, 0.3) is 0 Å². The van der Waals surface area contributed by atoms with Crippen LogP contribution in [0, 0.1) is 11.7 Å². The molecule has 2 rings (SSSR count). The fourth-order valence-corrected chi connectivity index (χ4v) is 3.74. The average molecular weight is 309 g/mol. The fourth-order valence-electron chi connectivity index (χ4n) is 2.12. The van der Waals surface area contributed by atoms with E-state index in [-0.39, 0.29) is 29.9 Å². The maximum atomic E-state index is 12.7. The molecule has 0 amide bonds. The second kappa shape index (κ2) is 6.65. The van der Waals surface area contributed by atoms with E-state index >= 15 is 0 Å². The Morgan fingerprint density at radius 1 is 1.32 bits per heavy atom. The minimum Gasteiger partial charge on any atom is -0.330 e. The zero-order valence-corrected chi connectivity index (χ0v) is 12.1. The second-order valence-electron chi connectivity index (χ2n) is 4.63. The number of halogens is 2. The van der Waals surface area contributed by atoms with Crippen LogP contribution in [-0.4, -0.2) is 32.4 Å². The van der Waals surface area contributed by atoms with Gasteiger partial charge in [0.15, 0.2) is 0 Å². The molecule has 2 N–H and O–H groups in total. The van der Waals surface area contributed by atoms with Crippen LogP contribution in [0.1, 0.15) is 12.0 Å². The van der Waals surface area contributed by atoms with Gasteiger partial charge in [0, 0.05) is 13.1 Å². The SMILES string of the molecule is Cl.NCC1CCN(S(=O)(=O)Cc2ccc(F)cc2)C1. The molecule has 108 valence electrons. The van der Waals surface area contributed by atoms with Crippen LogP contribution in [-0.2, 0) is 15.8 Å². The molecule has 1 aliphatic heterocycles. The minimum atomic E-state index is -3.31. The van der Waals surface area contributed by atoms with Gasteiger partial charge in [-0.15, -0.1) is 12.4 Å². The molecule has 0 saturated carbocycles. The quantitative estimate of drug-likeness (QED) is 0.913. The van der Waals surface area contributed by atoms with Gasteiger partial charge in [0.05, 0.1) is 5.75 Å². The van der Waals surface area contributed by atoms with Gasteiger partial charge < -0.3 is 5.73 Å². The molecule has 1 atom stereocenters. The Morgan fingerprint density at radius 3 is 2.47 bits per heavy atom. The van der Waals surface area contributed by atoms with Crippen LogP contribution in [0.5, 0.6) is 0 Å². The summed E-state index contributed by atoms with van der Waals surface area (Å²) in [7, 11) is -3.31. The Balaban J connectivity index is 0.00000180. The monoisotopic (exact) mass is 308 g/mol. The predicted molar refractivity (Wildman–Crippen MR) is 75.0 cm³/mol. The number of sulfonamides is 1. The molecule has 0 aromatic heterocycles. The summed E-state index contributed by atoms with van der Waals surface area (Å²) in [5.74, 6) is -0.182. The Hall–Kier alpha value is -0.690. The lowest BCUT2D eigenvalue weighted by Crippen LogP contribution is -2.31. The van der Waals surface area contributed by atoms with E-state index in [1.54, 1.807) is 0 Å². The molecule has 1 aromatic carbocycles. The van der Waals surface area contributed by atoms with Gasteiger partial charge in [-0.25, -0.2) is 17.1 Å². The Bertz CT molecular complexity index is 507. The molecule has 19 heavy (non-hydrogen) atoms. The number of nitrogens with zero attached hydrogens (tertiary/aromatic N) is 1. The lowest BCUT2D eigenvalue weighted by atomic mass is 10.1. The lowest BCUT2D eigenvalue weighted by Gasteiger charge is -2.16. The van der Waals surface area contributed by atoms with Gasteiger partial charge in [-0.3, -0.25) is 0 Å². The van der Waals surface area contributed by atoms with Crippen molar-refractivity contribution in [3.63, 3.8) is 0 Å². The van der Waals surface area contributed by atoms with Crippen molar-refractivity contribution in [2.24, 2.45) is 11.7 Å². The van der Waals surface area contributed by atoms with Crippen LogP contribution in [0.2, 0.25) is 0 Å². The van der Waals surface area contributed by atoms with Crippen molar-refractivity contribution in [2.75, 3.05) is 19.6 Å². The topological polar surface area (TPSA) is 63.4 Å². The van der Waals surface area contributed by atoms with Crippen LogP contribution in [0.15, 0.2) is 24.3 Å². The first-order chi connectivity index (χ1) is 8.51. The summed E-state index contributed by atoms with van der Waals surface area (Å²) in [6.45, 7) is 1.55. The molecule has 7 heteroatoms. The van der Waals surface area contributed by atoms with Crippen molar-refractivity contribution in [3.05, 3.63) is 35.6 Å². The van der Waals surface area contributed by atoms with Gasteiger partial charge in [0.25, 0.3) is 0 Å². The van der Waals surface area contributed by atoms with Crippen molar-refractivity contribution in [1.29, 1.82) is 0 Å². The van der Waals surface area contributed by atoms with Crippen molar-refractivity contribution in [2.45, 2.75) is 12.2 Å². The molecule has 1 unspecified atom stereocenters. The number of rotatable bonds is 4. The third-order valence-electron chi connectivity index (χ3n) is 3.24. The molecule has 1 saturated heterocycles. The summed E-state index contributed by atoms with van der Waals surface area (Å²) in [4.78, 5) is 0. The molecule has 4 nitrogen and oxygen atoms in total. The first-order valence-corrected chi connectivity index (χ1v) is 7.54. The van der Waals surface area contributed by atoms with Crippen molar-refractivity contribution in [3.8, 4) is 0 Å². The number of benzene rings is 1. The van der Waals surface area contributed by atoms with Gasteiger partial charge in [-0.1, -0.05) is 12.1 Å². The predicted octanol–water partition coefficient (Wildman–Crippen LogP) is 1.36. The molecular formula is C12H18ClFN2O2S. The molecular weight excluding hydrogens is 291 g/mol. The maximum absolute atomic E-state index is 12.7. The molecule has 0 spiro atoms. The van der Waals surface area contributed by atoms with Crippen LogP contribution in [0.3, 0.4) is 0 Å². The molecule has 1 aliphatic rings. The molecule has 0 bridgehead atoms. The van der Waals surface area contributed by atoms with E-state index in [0.717, 1.165) is 6.42 Å². The lowest BCUT2D eigenvalue weighted by molar-refractivity contribution is 0.458. The third-order valence-corrected chi connectivity index (χ3v) is 5.05. The number of nitrogens with two attached hydrogens (primary N) is 1. The summed E-state index contributed by atoms with van der Waals surface area (Å²) in [6.07, 6.45) is 0.819. The summed E-state index contributed by atoms with van der Waals surface area (Å²) in [6, 6.07) is 5.56. The van der Waals surface area contributed by atoms with Crippen molar-refractivity contribution >= 4 is 22.4 Å². The summed E-state index contributed by atoms with van der Waals surface area (Å²) in [5.41, 5.74) is 6.15. The Labute approximate surface area is 119 Å². The van der Waals surface area contributed by atoms with E-state index in [9.17, 15) is 12.8 Å². The smallest absolute Gasteiger partial charge is 0.218 e. The van der Waals surface area contributed by atoms with E-state index < -0.39 is 10.0 Å². The van der Waals surface area contributed by atoms with E-state index in [1.807, 2.05) is 0 Å². The van der Waals surface area contributed by atoms with Gasteiger partial charge in [-0.05, 0) is 36.6 Å². The number of hydrogen-bond donors (Lipinski definition) is 1. The Kier molecular flexibility index (Phi) is 5.73. The summed E-state index contributed by atoms with van der Waals surface area (Å²) >= 11 is 0. The van der Waals surface area contributed by atoms with Crippen LogP contribution in [0.4, 0.5) is 4.39 Å². The zero-order valence-electron chi connectivity index (χ0n) is 10.5. The van der Waals surface area contributed by atoms with Gasteiger partial charge >= 0.3 is 0 Å². The highest BCUT2D eigenvalue weighted by atomic mass is 35.5. The third kappa shape index (κ3) is 4.14. The Morgan fingerprint density at radius 2 is 1.95 bits per heavy atom. The molecule has 1 fully saturated rings. The first kappa shape index (κ1) is 16.4. The highest BCUT2D eigenvalue weighted by Gasteiger charge is 2.30. The van der Waals surface area contributed by atoms with E-state index in [2.05, 4.69) is 0 Å². The van der Waals surface area contributed by atoms with Gasteiger partial charge in [0.1, 0.15) is 5.82 Å². The fraction of sp³-hybridized carbons (Fsp3) is 0.500. The van der Waals surface area contributed by atoms with Gasteiger partial charge in [-0.2, -0.15) is 0 Å². The molecule has 0 radical (unpaired) electrons. The highest BCUT2D eigenvalue weighted by Crippen LogP contribution is 2.21. The molecule has 1 aromatic rings. The first-order valence-electron chi connectivity index (χ1n) is 5.93. The maximum Gasteiger partial charge on any atom is 0.218 e. The average Bonchev–Trinajstić information content (AvgIpc) is 2.81. The normalized spacial score (nSPS) is 20.2. The standard InChI is InChI=1S/C12H17FN2O2S.ClH/c13-12-3-1-10(2-4-12)9-18(16,17)15-6-5-11(7-14)8-15;/h1-4,11H,5-9,14H2;1H. The zero-order chi connectivity index (χ0) is 13.2. The minimum absolute atomic E-state index is 0. The highest BCUT2D eigenvalue weighted by molar-refractivity contribution is 7.88. The molecule has 0 aliphatic carbocycles. The molecule has 1 heterocycles. The van der Waals surface area contributed by atoms with Crippen molar-refractivity contribution < 1.29 is 12.8 Å².